The third kappa shape index (κ3) is 3.32. The Hall–Kier alpha value is -1.39. The van der Waals surface area contributed by atoms with Crippen LogP contribution in [0, 0.1) is 0 Å². The summed E-state index contributed by atoms with van der Waals surface area (Å²) in [6.45, 7) is 1.43. The number of aryl methyl sites for hydroxylation is 1. The summed E-state index contributed by atoms with van der Waals surface area (Å²) in [6, 6.07) is 9.93. The molecule has 1 rings (SSSR count). The van der Waals surface area contributed by atoms with Crippen LogP contribution in [0.5, 0.6) is 0 Å². The zero-order valence-corrected chi connectivity index (χ0v) is 9.43. The minimum atomic E-state index is -0.778. The third-order valence-corrected chi connectivity index (χ3v) is 2.71. The van der Waals surface area contributed by atoms with Crippen molar-refractivity contribution >= 4 is 5.71 Å². The lowest BCUT2D eigenvalue weighted by Gasteiger charge is -2.24. The van der Waals surface area contributed by atoms with E-state index >= 15 is 0 Å². The van der Waals surface area contributed by atoms with Gasteiger partial charge in [-0.15, -0.1) is 0 Å². The maximum absolute atomic E-state index is 8.99. The van der Waals surface area contributed by atoms with Gasteiger partial charge in [-0.1, -0.05) is 35.5 Å². The summed E-state index contributed by atoms with van der Waals surface area (Å²) in [7, 11) is 0. The van der Waals surface area contributed by atoms with Gasteiger partial charge in [0.1, 0.15) is 5.71 Å². The number of nitrogens with zero attached hydrogens (tertiary/aromatic N) is 1. The van der Waals surface area contributed by atoms with E-state index in [2.05, 4.69) is 5.16 Å². The Labute approximate surface area is 95.4 Å². The van der Waals surface area contributed by atoms with Crippen LogP contribution in [0.2, 0.25) is 0 Å². The van der Waals surface area contributed by atoms with Gasteiger partial charge in [-0.25, -0.2) is 0 Å². The van der Waals surface area contributed by atoms with Gasteiger partial charge in [-0.2, -0.15) is 0 Å². The van der Waals surface area contributed by atoms with Crippen LogP contribution in [0.1, 0.15) is 18.9 Å². The predicted molar refractivity (Wildman–Crippen MR) is 63.7 cm³/mol. The topological polar surface area (TPSA) is 78.8 Å². The summed E-state index contributed by atoms with van der Waals surface area (Å²) >= 11 is 0. The Morgan fingerprint density at radius 2 is 2.00 bits per heavy atom. The first-order valence-electron chi connectivity index (χ1n) is 5.25. The lowest BCUT2D eigenvalue weighted by Crippen LogP contribution is -2.47. The second-order valence-corrected chi connectivity index (χ2v) is 4.11. The van der Waals surface area contributed by atoms with Crippen molar-refractivity contribution in [1.29, 1.82) is 0 Å². The van der Waals surface area contributed by atoms with Crippen LogP contribution in [0.25, 0.3) is 0 Å². The molecule has 0 bridgehead atoms. The molecule has 0 spiro atoms. The SMILES string of the molecule is CC(N)(CCc1ccccc1)/C(CO)=N/O. The zero-order chi connectivity index (χ0) is 12.0. The van der Waals surface area contributed by atoms with E-state index in [1.807, 2.05) is 30.3 Å². The number of nitrogens with two attached hydrogens (primary N) is 1. The summed E-state index contributed by atoms with van der Waals surface area (Å²) in [4.78, 5) is 0. The van der Waals surface area contributed by atoms with E-state index in [-0.39, 0.29) is 12.3 Å². The molecule has 0 amide bonds. The normalized spacial score (nSPS) is 15.8. The van der Waals surface area contributed by atoms with E-state index in [0.29, 0.717) is 6.42 Å². The highest BCUT2D eigenvalue weighted by atomic mass is 16.4. The standard InChI is InChI=1S/C12H18N2O2/c1-12(13,11(9-15)14-16)8-7-10-5-3-2-4-6-10/h2-6,15-16H,7-9,13H2,1H3/b14-11+. The molecule has 0 aliphatic carbocycles. The van der Waals surface area contributed by atoms with Crippen LogP contribution >= 0.6 is 0 Å². The summed E-state index contributed by atoms with van der Waals surface area (Å²) in [5, 5.41) is 20.7. The molecule has 0 aliphatic rings. The average molecular weight is 222 g/mol. The molecule has 1 aromatic carbocycles. The average Bonchev–Trinajstić information content (AvgIpc) is 2.29. The van der Waals surface area contributed by atoms with E-state index in [0.717, 1.165) is 6.42 Å². The van der Waals surface area contributed by atoms with Gasteiger partial charge in [-0.3, -0.25) is 0 Å². The molecule has 16 heavy (non-hydrogen) atoms. The van der Waals surface area contributed by atoms with Crippen molar-refractivity contribution in [2.24, 2.45) is 10.9 Å². The first kappa shape index (κ1) is 12.7. The molecule has 0 saturated heterocycles. The van der Waals surface area contributed by atoms with Gasteiger partial charge in [0.05, 0.1) is 12.1 Å². The molecular formula is C12H18N2O2. The molecule has 0 aromatic heterocycles. The highest BCUT2D eigenvalue weighted by molar-refractivity contribution is 5.93. The number of aliphatic hydroxyl groups is 1. The van der Waals surface area contributed by atoms with Gasteiger partial charge >= 0.3 is 0 Å². The van der Waals surface area contributed by atoms with Crippen molar-refractivity contribution in [3.05, 3.63) is 35.9 Å². The first-order chi connectivity index (χ1) is 7.60. The van der Waals surface area contributed by atoms with Gasteiger partial charge in [-0.05, 0) is 25.3 Å². The molecule has 4 nitrogen and oxygen atoms in total. The molecule has 0 saturated carbocycles. The lowest BCUT2D eigenvalue weighted by molar-refractivity contribution is 0.291. The molecule has 4 N–H and O–H groups in total. The van der Waals surface area contributed by atoms with Crippen LogP contribution < -0.4 is 5.73 Å². The Morgan fingerprint density at radius 3 is 2.50 bits per heavy atom. The molecule has 0 heterocycles. The fraction of sp³-hybridized carbons (Fsp3) is 0.417. The van der Waals surface area contributed by atoms with Gasteiger partial charge in [0.2, 0.25) is 0 Å². The van der Waals surface area contributed by atoms with E-state index in [4.69, 9.17) is 16.0 Å². The lowest BCUT2D eigenvalue weighted by atomic mass is 9.90. The second-order valence-electron chi connectivity index (χ2n) is 4.11. The fourth-order valence-corrected chi connectivity index (χ4v) is 1.52. The highest BCUT2D eigenvalue weighted by Gasteiger charge is 2.25. The van der Waals surface area contributed by atoms with E-state index < -0.39 is 5.54 Å². The van der Waals surface area contributed by atoms with Gasteiger partial charge in [0.25, 0.3) is 0 Å². The Balaban J connectivity index is 2.61. The van der Waals surface area contributed by atoms with E-state index in [1.165, 1.54) is 5.56 Å². The van der Waals surface area contributed by atoms with Crippen LogP contribution in [0.4, 0.5) is 0 Å². The smallest absolute Gasteiger partial charge is 0.102 e. The molecule has 1 atom stereocenters. The number of oxime groups is 1. The molecular weight excluding hydrogens is 204 g/mol. The van der Waals surface area contributed by atoms with E-state index in [1.54, 1.807) is 6.92 Å². The van der Waals surface area contributed by atoms with Crippen LogP contribution in [0.3, 0.4) is 0 Å². The Morgan fingerprint density at radius 1 is 1.38 bits per heavy atom. The van der Waals surface area contributed by atoms with Crippen molar-refractivity contribution in [3.8, 4) is 0 Å². The molecule has 0 aliphatic heterocycles. The summed E-state index contributed by atoms with van der Waals surface area (Å²) < 4.78 is 0. The van der Waals surface area contributed by atoms with Crippen molar-refractivity contribution < 1.29 is 10.3 Å². The monoisotopic (exact) mass is 222 g/mol. The van der Waals surface area contributed by atoms with Crippen molar-refractivity contribution in [2.75, 3.05) is 6.61 Å². The largest absolute Gasteiger partial charge is 0.411 e. The van der Waals surface area contributed by atoms with Crippen molar-refractivity contribution in [3.63, 3.8) is 0 Å². The quantitative estimate of drug-likeness (QED) is 0.397. The predicted octanol–water partition coefficient (Wildman–Crippen LogP) is 1.16. The summed E-state index contributed by atoms with van der Waals surface area (Å²) in [6.07, 6.45) is 1.41. The number of hydrogen-bond acceptors (Lipinski definition) is 4. The van der Waals surface area contributed by atoms with Crippen LogP contribution in [-0.2, 0) is 6.42 Å². The minimum Gasteiger partial charge on any atom is -0.411 e. The van der Waals surface area contributed by atoms with Crippen molar-refractivity contribution in [1.82, 2.24) is 0 Å². The van der Waals surface area contributed by atoms with Gasteiger partial charge in [0.15, 0.2) is 0 Å². The number of aliphatic hydroxyl groups excluding tert-OH is 1. The Kier molecular flexibility index (Phi) is 4.46. The minimum absolute atomic E-state index is 0.212. The molecule has 88 valence electrons. The molecule has 4 heteroatoms. The maximum atomic E-state index is 8.99. The van der Waals surface area contributed by atoms with Crippen molar-refractivity contribution in [2.45, 2.75) is 25.3 Å². The second kappa shape index (κ2) is 5.63. The van der Waals surface area contributed by atoms with Gasteiger partial charge in [0, 0.05) is 0 Å². The zero-order valence-electron chi connectivity index (χ0n) is 9.43. The molecule has 0 fully saturated rings. The van der Waals surface area contributed by atoms with E-state index in [9.17, 15) is 0 Å². The summed E-state index contributed by atoms with van der Waals surface area (Å²) in [5.41, 5.74) is 6.59. The van der Waals surface area contributed by atoms with Crippen LogP contribution in [0.15, 0.2) is 35.5 Å². The number of hydrogen-bond donors (Lipinski definition) is 3. The number of benzene rings is 1. The molecule has 1 unspecified atom stereocenters. The third-order valence-electron chi connectivity index (χ3n) is 2.71. The first-order valence-corrected chi connectivity index (χ1v) is 5.25. The van der Waals surface area contributed by atoms with Gasteiger partial charge < -0.3 is 16.0 Å². The Bertz CT molecular complexity index is 347. The highest BCUT2D eigenvalue weighted by Crippen LogP contribution is 2.13. The fourth-order valence-electron chi connectivity index (χ4n) is 1.52. The summed E-state index contributed by atoms with van der Waals surface area (Å²) in [5.74, 6) is 0. The number of rotatable bonds is 5. The molecule has 1 aromatic rings. The maximum Gasteiger partial charge on any atom is 0.102 e. The van der Waals surface area contributed by atoms with Crippen LogP contribution in [-0.4, -0.2) is 28.2 Å². The molecule has 0 radical (unpaired) electrons.